The molecule has 1 aliphatic rings. The molecule has 1 aromatic rings. The van der Waals surface area contributed by atoms with Gasteiger partial charge in [-0.2, -0.15) is 4.98 Å². The first-order valence-corrected chi connectivity index (χ1v) is 7.54. The van der Waals surface area contributed by atoms with Crippen molar-refractivity contribution >= 4 is 16.5 Å². The summed E-state index contributed by atoms with van der Waals surface area (Å²) < 4.78 is 5.32. The Bertz CT molecular complexity index is 409. The molecule has 1 saturated carbocycles. The summed E-state index contributed by atoms with van der Waals surface area (Å²) in [6.45, 7) is 0.756. The lowest BCUT2D eigenvalue weighted by atomic mass is 9.93. The van der Waals surface area contributed by atoms with Gasteiger partial charge in [-0.25, -0.2) is 0 Å². The number of aromatic nitrogens is 1. The number of hydrogen-bond acceptors (Lipinski definition) is 6. The first-order valence-electron chi connectivity index (χ1n) is 6.72. The highest BCUT2D eigenvalue weighted by atomic mass is 32.1. The average Bonchev–Trinajstić information content (AvgIpc) is 2.80. The molecule has 6 heteroatoms. The maximum Gasteiger partial charge on any atom is 0.230 e. The number of aliphatic hydroxyl groups excluding tert-OH is 1. The van der Waals surface area contributed by atoms with Crippen LogP contribution < -0.4 is 15.0 Å². The molecule has 2 unspecified atom stereocenters. The van der Waals surface area contributed by atoms with Crippen molar-refractivity contribution in [1.82, 2.24) is 10.3 Å². The molecule has 5 nitrogen and oxygen atoms in total. The molecule has 0 spiro atoms. The standard InChI is InChI=1S/C13H23N3O2S/c1-16(2)13-15-12(18-3)11(19-13)8-14-9-5-4-6-10(17)7-9/h9-10,14,17H,4-8H2,1-3H3. The number of nitrogens with zero attached hydrogens (tertiary/aromatic N) is 2. The molecule has 0 amide bonds. The van der Waals surface area contributed by atoms with E-state index < -0.39 is 0 Å². The summed E-state index contributed by atoms with van der Waals surface area (Å²) in [6, 6.07) is 0.401. The lowest BCUT2D eigenvalue weighted by Crippen LogP contribution is -2.35. The maximum absolute atomic E-state index is 9.67. The molecule has 2 rings (SSSR count). The quantitative estimate of drug-likeness (QED) is 0.861. The Balaban J connectivity index is 1.94. The zero-order valence-corrected chi connectivity index (χ0v) is 12.7. The fraction of sp³-hybridized carbons (Fsp3) is 0.769. The fourth-order valence-corrected chi connectivity index (χ4v) is 3.28. The molecule has 2 atom stereocenters. The zero-order chi connectivity index (χ0) is 13.8. The van der Waals surface area contributed by atoms with Gasteiger partial charge in [0.1, 0.15) is 0 Å². The van der Waals surface area contributed by atoms with Crippen LogP contribution in [0.2, 0.25) is 0 Å². The maximum atomic E-state index is 9.67. The summed E-state index contributed by atoms with van der Waals surface area (Å²) in [5, 5.41) is 14.1. The molecule has 0 saturated heterocycles. The third-order valence-corrected chi connectivity index (χ3v) is 4.63. The summed E-state index contributed by atoms with van der Waals surface area (Å²) in [4.78, 5) is 7.54. The van der Waals surface area contributed by atoms with E-state index in [0.29, 0.717) is 11.9 Å². The Morgan fingerprint density at radius 1 is 1.47 bits per heavy atom. The van der Waals surface area contributed by atoms with Gasteiger partial charge in [0.2, 0.25) is 5.88 Å². The van der Waals surface area contributed by atoms with Crippen molar-refractivity contribution in [3.63, 3.8) is 0 Å². The van der Waals surface area contributed by atoms with Crippen LogP contribution in [-0.4, -0.2) is 43.4 Å². The number of hydrogen-bond donors (Lipinski definition) is 2. The molecule has 108 valence electrons. The predicted molar refractivity (Wildman–Crippen MR) is 78.1 cm³/mol. The van der Waals surface area contributed by atoms with Crippen LogP contribution in [0.4, 0.5) is 5.13 Å². The summed E-state index contributed by atoms with van der Waals surface area (Å²) >= 11 is 1.65. The number of thiazole rings is 1. The van der Waals surface area contributed by atoms with Crippen LogP contribution in [0.1, 0.15) is 30.6 Å². The van der Waals surface area contributed by atoms with Gasteiger partial charge >= 0.3 is 0 Å². The Hall–Kier alpha value is -0.850. The fourth-order valence-electron chi connectivity index (χ4n) is 2.37. The number of rotatable bonds is 5. The molecule has 0 bridgehead atoms. The van der Waals surface area contributed by atoms with E-state index in [-0.39, 0.29) is 6.10 Å². The van der Waals surface area contributed by atoms with Gasteiger partial charge in [-0.05, 0) is 25.7 Å². The van der Waals surface area contributed by atoms with Gasteiger partial charge in [-0.15, -0.1) is 0 Å². The van der Waals surface area contributed by atoms with Crippen molar-refractivity contribution in [1.29, 1.82) is 0 Å². The third kappa shape index (κ3) is 3.81. The van der Waals surface area contributed by atoms with Crippen LogP contribution >= 0.6 is 11.3 Å². The minimum Gasteiger partial charge on any atom is -0.480 e. The van der Waals surface area contributed by atoms with E-state index >= 15 is 0 Å². The Labute approximate surface area is 118 Å². The van der Waals surface area contributed by atoms with E-state index in [1.807, 2.05) is 19.0 Å². The van der Waals surface area contributed by atoms with Crippen molar-refractivity contribution in [2.75, 3.05) is 26.1 Å². The first kappa shape index (κ1) is 14.6. The van der Waals surface area contributed by atoms with Crippen LogP contribution in [0.3, 0.4) is 0 Å². The summed E-state index contributed by atoms with van der Waals surface area (Å²) in [5.74, 6) is 0.706. The number of nitrogens with one attached hydrogen (secondary N) is 1. The summed E-state index contributed by atoms with van der Waals surface area (Å²) in [6.07, 6.45) is 3.88. The highest BCUT2D eigenvalue weighted by Gasteiger charge is 2.21. The molecule has 0 radical (unpaired) electrons. The van der Waals surface area contributed by atoms with Crippen molar-refractivity contribution in [3.8, 4) is 5.88 Å². The normalized spacial score (nSPS) is 23.4. The van der Waals surface area contributed by atoms with Crippen molar-refractivity contribution < 1.29 is 9.84 Å². The Morgan fingerprint density at radius 2 is 2.26 bits per heavy atom. The molecule has 0 aliphatic heterocycles. The molecule has 2 N–H and O–H groups in total. The second-order valence-electron chi connectivity index (χ2n) is 5.22. The van der Waals surface area contributed by atoms with Gasteiger partial charge in [0.05, 0.1) is 18.1 Å². The minimum atomic E-state index is -0.146. The van der Waals surface area contributed by atoms with Crippen molar-refractivity contribution in [2.45, 2.75) is 44.4 Å². The second kappa shape index (κ2) is 6.54. The van der Waals surface area contributed by atoms with Crippen LogP contribution in [0.15, 0.2) is 0 Å². The molecule has 1 aromatic heterocycles. The zero-order valence-electron chi connectivity index (χ0n) is 11.8. The predicted octanol–water partition coefficient (Wildman–Crippen LogP) is 1.61. The van der Waals surface area contributed by atoms with E-state index in [2.05, 4.69) is 10.3 Å². The van der Waals surface area contributed by atoms with E-state index in [4.69, 9.17) is 4.74 Å². The lowest BCUT2D eigenvalue weighted by molar-refractivity contribution is 0.111. The highest BCUT2D eigenvalue weighted by Crippen LogP contribution is 2.30. The van der Waals surface area contributed by atoms with Crippen molar-refractivity contribution in [2.24, 2.45) is 0 Å². The largest absolute Gasteiger partial charge is 0.480 e. The van der Waals surface area contributed by atoms with Crippen LogP contribution in [0.25, 0.3) is 0 Å². The second-order valence-corrected chi connectivity index (χ2v) is 6.28. The van der Waals surface area contributed by atoms with E-state index in [0.717, 1.165) is 42.2 Å². The molecule has 1 fully saturated rings. The molecule has 19 heavy (non-hydrogen) atoms. The van der Waals surface area contributed by atoms with Gasteiger partial charge in [0.15, 0.2) is 5.13 Å². The SMILES string of the molecule is COc1nc(N(C)C)sc1CNC1CCCC(O)C1. The number of aliphatic hydroxyl groups is 1. The number of anilines is 1. The smallest absolute Gasteiger partial charge is 0.230 e. The van der Waals surface area contributed by atoms with Crippen LogP contribution in [0, 0.1) is 0 Å². The van der Waals surface area contributed by atoms with Gasteiger partial charge in [0.25, 0.3) is 0 Å². The van der Waals surface area contributed by atoms with E-state index in [9.17, 15) is 5.11 Å². The van der Waals surface area contributed by atoms with Gasteiger partial charge in [-0.3, -0.25) is 0 Å². The van der Waals surface area contributed by atoms with Crippen LogP contribution in [-0.2, 0) is 6.54 Å². The van der Waals surface area contributed by atoms with Gasteiger partial charge in [0, 0.05) is 26.7 Å². The summed E-state index contributed by atoms with van der Waals surface area (Å²) in [7, 11) is 5.61. The monoisotopic (exact) mass is 285 g/mol. The molecule has 1 heterocycles. The van der Waals surface area contributed by atoms with E-state index in [1.165, 1.54) is 0 Å². The molecule has 0 aromatic carbocycles. The molecule has 1 aliphatic carbocycles. The van der Waals surface area contributed by atoms with Crippen molar-refractivity contribution in [3.05, 3.63) is 4.88 Å². The summed E-state index contributed by atoms with van der Waals surface area (Å²) in [5.41, 5.74) is 0. The Kier molecular flexibility index (Phi) is 5.01. The number of ether oxygens (including phenoxy) is 1. The van der Waals surface area contributed by atoms with Gasteiger partial charge in [-0.1, -0.05) is 11.3 Å². The minimum absolute atomic E-state index is 0.146. The molecular formula is C13H23N3O2S. The first-order chi connectivity index (χ1) is 9.10. The average molecular weight is 285 g/mol. The lowest BCUT2D eigenvalue weighted by Gasteiger charge is -2.26. The topological polar surface area (TPSA) is 57.6 Å². The Morgan fingerprint density at radius 3 is 2.89 bits per heavy atom. The third-order valence-electron chi connectivity index (χ3n) is 3.42. The van der Waals surface area contributed by atoms with Crippen LogP contribution in [0.5, 0.6) is 5.88 Å². The molecular weight excluding hydrogens is 262 g/mol. The number of methoxy groups -OCH3 is 1. The van der Waals surface area contributed by atoms with E-state index in [1.54, 1.807) is 18.4 Å². The van der Waals surface area contributed by atoms with Gasteiger partial charge < -0.3 is 20.1 Å². The highest BCUT2D eigenvalue weighted by molar-refractivity contribution is 7.15.